The van der Waals surface area contributed by atoms with Gasteiger partial charge in [-0.05, 0) is 48.1 Å². The lowest BCUT2D eigenvalue weighted by Gasteiger charge is -2.33. The predicted molar refractivity (Wildman–Crippen MR) is 334 cm³/mol. The zero-order valence-electron chi connectivity index (χ0n) is 52.3. The number of aliphatic hydroxyl groups excluding tert-OH is 3. The van der Waals surface area contributed by atoms with Crippen LogP contribution in [0.3, 0.4) is 0 Å². The fourth-order valence-corrected chi connectivity index (χ4v) is 12.1. The van der Waals surface area contributed by atoms with Crippen molar-refractivity contribution in [3.8, 4) is 0 Å². The van der Waals surface area contributed by atoms with Gasteiger partial charge in [-0.2, -0.15) is 0 Å². The van der Waals surface area contributed by atoms with Gasteiger partial charge >= 0.3 is 0 Å². The van der Waals surface area contributed by atoms with Crippen LogP contribution < -0.4 is 53.2 Å². The van der Waals surface area contributed by atoms with Crippen LogP contribution >= 0.6 is 11.8 Å². The minimum atomic E-state index is -1.83. The van der Waals surface area contributed by atoms with E-state index < -0.39 is 200 Å². The zero-order valence-corrected chi connectivity index (χ0v) is 53.1. The van der Waals surface area contributed by atoms with Crippen LogP contribution in [0.25, 0.3) is 10.9 Å². The van der Waals surface area contributed by atoms with Gasteiger partial charge in [0.1, 0.15) is 42.3 Å². The molecule has 30 nitrogen and oxygen atoms in total. The third-order valence-electron chi connectivity index (χ3n) is 16.8. The van der Waals surface area contributed by atoms with Crippen molar-refractivity contribution in [2.75, 3.05) is 43.9 Å². The summed E-state index contributed by atoms with van der Waals surface area (Å²) >= 11 is 0.999. The lowest BCUT2D eigenvalue weighted by Crippen LogP contribution is -2.61. The molecule has 7 rings (SSSR count). The molecule has 2 bridgehead atoms. The molecule has 2 unspecified atom stereocenters. The lowest BCUT2D eigenvalue weighted by molar-refractivity contribution is -0.144. The van der Waals surface area contributed by atoms with E-state index in [0.717, 1.165) is 33.7 Å². The van der Waals surface area contributed by atoms with Crippen molar-refractivity contribution in [1.82, 2.24) is 62.6 Å². The van der Waals surface area contributed by atoms with Crippen LogP contribution in [0, 0.1) is 23.7 Å². The highest BCUT2D eigenvalue weighted by Gasteiger charge is 2.45. The summed E-state index contributed by atoms with van der Waals surface area (Å²) in [6.07, 6.45) is -2.56. The smallest absolute Gasteiger partial charge is 0.253 e. The first-order chi connectivity index (χ1) is 44.2. The number of H-pyrrole nitrogens is 1. The van der Waals surface area contributed by atoms with Crippen LogP contribution in [0.15, 0.2) is 65.7 Å². The van der Waals surface area contributed by atoms with Crippen LogP contribution in [0.4, 0.5) is 5.69 Å². The van der Waals surface area contributed by atoms with Gasteiger partial charge in [-0.3, -0.25) is 72.0 Å². The number of nitrogens with one attached hydrogen (secondary N) is 11. The molecule has 14 N–H and O–H groups in total. The molecule has 13 amide bonds. The Hall–Kier alpha value is -9.07. The number of carbonyl (C=O) groups excluding carboxylic acids is 14. The number of aromatic amines is 1. The van der Waals surface area contributed by atoms with E-state index in [9.17, 15) is 77.6 Å². The Morgan fingerprint density at radius 1 is 0.742 bits per heavy atom. The van der Waals surface area contributed by atoms with Gasteiger partial charge in [0, 0.05) is 91.6 Å². The molecule has 1 aromatic heterocycles. The first kappa shape index (κ1) is 71.4. The fourth-order valence-electron chi connectivity index (χ4n) is 11.0. The molecule has 93 heavy (non-hydrogen) atoms. The number of para-hydroxylation sites is 1. The molecule has 31 heteroatoms. The fraction of sp³-hybridized carbons (Fsp3) is 0.516. The first-order valence-electron chi connectivity index (χ1n) is 30.7. The Kier molecular flexibility index (Phi) is 24.9. The van der Waals surface area contributed by atoms with Gasteiger partial charge in [0.25, 0.3) is 11.8 Å². The van der Waals surface area contributed by atoms with E-state index in [1.807, 2.05) is 0 Å². The van der Waals surface area contributed by atoms with Crippen LogP contribution in [-0.2, 0) is 80.1 Å². The van der Waals surface area contributed by atoms with Crippen LogP contribution in [0.5, 0.6) is 0 Å². The molecule has 3 aromatic rings. The number of anilines is 1. The number of Topliss-reactive ketones (excluding diaryl/α,β-unsaturated/α-hetero) is 1. The Bertz CT molecular complexity index is 3380. The molecule has 4 aliphatic rings. The molecular formula is C62H81N13O17S. The van der Waals surface area contributed by atoms with E-state index in [1.165, 1.54) is 26.0 Å². The number of carbonyl (C=O) groups is 14. The number of hydrogen-bond donors (Lipinski definition) is 14. The summed E-state index contributed by atoms with van der Waals surface area (Å²) in [7, 11) is 0. The third kappa shape index (κ3) is 18.8. The molecule has 0 aliphatic carbocycles. The second kappa shape index (κ2) is 32.5. The number of amides is 13. The molecule has 0 radical (unpaired) electrons. The second-order valence-electron chi connectivity index (χ2n) is 24.0. The largest absolute Gasteiger partial charge is 0.394 e. The van der Waals surface area contributed by atoms with E-state index >= 15 is 4.79 Å². The summed E-state index contributed by atoms with van der Waals surface area (Å²) in [5, 5.41) is 59.2. The highest BCUT2D eigenvalue weighted by molar-refractivity contribution is 7.99. The van der Waals surface area contributed by atoms with Gasteiger partial charge in [-0.15, -0.1) is 11.8 Å². The summed E-state index contributed by atoms with van der Waals surface area (Å²) in [6, 6.07) is 2.54. The second-order valence-corrected chi connectivity index (χ2v) is 25.0. The SMILES string of the molecule is CC[C@H](C)[C@@H]1CC(=O)CNC(=O)[C@@H]2Cc3c([nH]c4ccccc34)SCC(NC(=O)CNC1=O)C(=O)N[C@@H](CC(=O)NCc1ccc(NC(=O)[C@H](C)NC(=O)C(NC(=O)CCN3C(=O)C=CC3=O)C(C)C)cc1)C(=O)N1C[C@H](O)C[C@H]1C(=O)N[C@@H]([C@@H](C)[C@@H](O)CO)C(=O)N2. The Morgan fingerprint density at radius 2 is 1.43 bits per heavy atom. The standard InChI is InChI=1S/C62H81N13O17S/c1-7-31(4)39-20-36(77)25-64-56(87)42-22-40-38-10-8-9-11-41(38)71-61(40)93-29-44(68-49(82)26-65-55(39)86)57(88)70-43(62(92)75-27-37(78)21-45(75)58(89)73-53(60(91)69-42)32(5)46(79)28-76)23-48(81)63-24-34-12-14-35(15-13-34)67-54(85)33(6)66-59(90)52(30(2)3)72-47(80)18-19-74-50(83)16-17-51(74)84/h8-17,30-33,37,39,42-46,52-53,71,76,78-79H,7,18-29H2,1-6H3,(H,63,81)(H,64,87)(H,65,86)(H,66,90)(H,67,85)(H,68,82)(H,69,91)(H,70,88)(H,72,80)(H,73,89)/t31-,32-,33-,37+,39-,42-,43-,44?,45-,46-,52?,53-/m0/s1. The summed E-state index contributed by atoms with van der Waals surface area (Å²) in [6.45, 7) is 6.60. The quantitative estimate of drug-likeness (QED) is 0.0571. The zero-order chi connectivity index (χ0) is 68.0. The number of ketones is 1. The maximum Gasteiger partial charge on any atom is 0.253 e. The molecule has 0 saturated carbocycles. The van der Waals surface area contributed by atoms with E-state index in [4.69, 9.17) is 0 Å². The van der Waals surface area contributed by atoms with Gasteiger partial charge in [0.05, 0.1) is 43.4 Å². The molecule has 1 saturated heterocycles. The molecule has 4 aliphatic heterocycles. The maximum absolute atomic E-state index is 15.0. The van der Waals surface area contributed by atoms with Gasteiger partial charge < -0.3 is 78.4 Å². The number of benzene rings is 2. The highest BCUT2D eigenvalue weighted by Crippen LogP contribution is 2.32. The number of thioether (sulfide) groups is 1. The van der Waals surface area contributed by atoms with E-state index in [1.54, 1.807) is 64.1 Å². The summed E-state index contributed by atoms with van der Waals surface area (Å²) in [4.78, 5) is 197. The number of fused-ring (bicyclic) bond motifs is 5. The average Bonchev–Trinajstić information content (AvgIpc) is 1.70. The van der Waals surface area contributed by atoms with Gasteiger partial charge in [0.15, 0.2) is 5.78 Å². The third-order valence-corrected chi connectivity index (χ3v) is 18.0. The number of hydrogen-bond acceptors (Lipinski definition) is 18. The summed E-state index contributed by atoms with van der Waals surface area (Å²) < 4.78 is 0. The van der Waals surface area contributed by atoms with Gasteiger partial charge in [-0.25, -0.2) is 0 Å². The number of aromatic nitrogens is 1. The van der Waals surface area contributed by atoms with Gasteiger partial charge in [-0.1, -0.05) is 71.4 Å². The van der Waals surface area contributed by atoms with Gasteiger partial charge in [0.2, 0.25) is 65.0 Å². The number of nitrogens with zero attached hydrogens (tertiary/aromatic N) is 2. The lowest BCUT2D eigenvalue weighted by atomic mass is 9.86. The predicted octanol–water partition coefficient (Wildman–Crippen LogP) is -2.82. The normalized spacial score (nSPS) is 23.8. The topological polar surface area (TPSA) is 442 Å². The molecule has 12 atom stereocenters. The van der Waals surface area contributed by atoms with Crippen LogP contribution in [0.2, 0.25) is 0 Å². The Balaban J connectivity index is 1.14. The molecule has 5 heterocycles. The van der Waals surface area contributed by atoms with Crippen molar-refractivity contribution in [3.63, 3.8) is 0 Å². The maximum atomic E-state index is 15.0. The first-order valence-corrected chi connectivity index (χ1v) is 31.7. The van der Waals surface area contributed by atoms with Crippen molar-refractivity contribution < 1.29 is 82.4 Å². The molecule has 1 fully saturated rings. The van der Waals surface area contributed by atoms with Crippen molar-refractivity contribution in [2.45, 2.75) is 146 Å². The number of aliphatic hydroxyl groups is 3. The van der Waals surface area contributed by atoms with Crippen molar-refractivity contribution in [3.05, 3.63) is 71.8 Å². The molecule has 502 valence electrons. The molecule has 2 aromatic carbocycles. The van der Waals surface area contributed by atoms with E-state index in [2.05, 4.69) is 58.2 Å². The number of imide groups is 1. The van der Waals surface area contributed by atoms with Crippen LogP contribution in [0.1, 0.15) is 84.8 Å². The Morgan fingerprint density at radius 3 is 2.11 bits per heavy atom. The minimum absolute atomic E-state index is 0.185. The minimum Gasteiger partial charge on any atom is -0.394 e. The van der Waals surface area contributed by atoms with Crippen molar-refractivity contribution >= 4 is 111 Å². The molecule has 0 spiro atoms. The highest BCUT2D eigenvalue weighted by atomic mass is 32.2. The van der Waals surface area contributed by atoms with Crippen LogP contribution in [-0.4, -0.2) is 206 Å². The Labute approximate surface area is 539 Å². The monoisotopic (exact) mass is 1310 g/mol. The average molecular weight is 1310 g/mol. The summed E-state index contributed by atoms with van der Waals surface area (Å²) in [5.74, 6) is -14.4. The number of rotatable bonds is 18. The summed E-state index contributed by atoms with van der Waals surface area (Å²) in [5.41, 5.74) is 1.72. The van der Waals surface area contributed by atoms with Crippen molar-refractivity contribution in [1.29, 1.82) is 0 Å². The molecular weight excluding hydrogens is 1230 g/mol. The van der Waals surface area contributed by atoms with E-state index in [0.29, 0.717) is 33.5 Å². The van der Waals surface area contributed by atoms with Crippen molar-refractivity contribution in [2.24, 2.45) is 23.7 Å². The van der Waals surface area contributed by atoms with E-state index in [-0.39, 0.29) is 43.8 Å².